The van der Waals surface area contributed by atoms with Gasteiger partial charge in [-0.25, -0.2) is 0 Å². The molecule has 0 fully saturated rings. The van der Waals surface area contributed by atoms with Gasteiger partial charge in [0.2, 0.25) is 9.04 Å². The molecular weight excluding hydrogens is 152 g/mol. The predicted octanol–water partition coefficient (Wildman–Crippen LogP) is 3.22. The Labute approximate surface area is 72.9 Å². The Bertz CT molecular complexity index is 70.0. The van der Waals surface area contributed by atoms with Crippen molar-refractivity contribution < 1.29 is 4.43 Å². The topological polar surface area (TPSA) is 9.23 Å². The SMILES string of the molecule is CCCO[Si](CCC)CCC. The lowest BCUT2D eigenvalue weighted by Gasteiger charge is -2.12. The zero-order valence-corrected chi connectivity index (χ0v) is 9.15. The summed E-state index contributed by atoms with van der Waals surface area (Å²) in [6.07, 6.45) is 3.75. The monoisotopic (exact) mass is 173 g/mol. The molecule has 0 bridgehead atoms. The van der Waals surface area contributed by atoms with E-state index in [-0.39, 0.29) is 0 Å². The first kappa shape index (κ1) is 11.2. The minimum absolute atomic E-state index is 0.409. The largest absolute Gasteiger partial charge is 0.417 e. The van der Waals surface area contributed by atoms with E-state index in [1.807, 2.05) is 0 Å². The fraction of sp³-hybridized carbons (Fsp3) is 1.00. The molecule has 0 aromatic heterocycles. The van der Waals surface area contributed by atoms with Crippen LogP contribution in [0.3, 0.4) is 0 Å². The number of hydrogen-bond acceptors (Lipinski definition) is 1. The summed E-state index contributed by atoms with van der Waals surface area (Å²) in [5.41, 5.74) is 0. The molecule has 0 aliphatic rings. The van der Waals surface area contributed by atoms with Crippen molar-refractivity contribution in [2.75, 3.05) is 6.61 Å². The third-order valence-corrected chi connectivity index (χ3v) is 4.30. The van der Waals surface area contributed by atoms with Crippen molar-refractivity contribution in [3.8, 4) is 0 Å². The van der Waals surface area contributed by atoms with E-state index in [1.54, 1.807) is 0 Å². The van der Waals surface area contributed by atoms with Crippen molar-refractivity contribution in [3.63, 3.8) is 0 Å². The molecule has 0 saturated carbocycles. The zero-order chi connectivity index (χ0) is 8.53. The van der Waals surface area contributed by atoms with Gasteiger partial charge in [-0.3, -0.25) is 0 Å². The maximum absolute atomic E-state index is 5.77. The first-order chi connectivity index (χ1) is 5.35. The van der Waals surface area contributed by atoms with Crippen LogP contribution in [0.2, 0.25) is 12.1 Å². The lowest BCUT2D eigenvalue weighted by Crippen LogP contribution is -2.17. The fourth-order valence-electron chi connectivity index (χ4n) is 1.07. The molecule has 0 aliphatic carbocycles. The van der Waals surface area contributed by atoms with E-state index in [0.717, 1.165) is 6.61 Å². The molecule has 0 saturated heterocycles. The van der Waals surface area contributed by atoms with Gasteiger partial charge in [0.05, 0.1) is 0 Å². The molecular formula is C9H21OSi. The van der Waals surface area contributed by atoms with Crippen LogP contribution in [0.25, 0.3) is 0 Å². The Kier molecular flexibility index (Phi) is 8.41. The van der Waals surface area contributed by atoms with Crippen molar-refractivity contribution in [1.82, 2.24) is 0 Å². The second-order valence-corrected chi connectivity index (χ2v) is 5.25. The van der Waals surface area contributed by atoms with Gasteiger partial charge in [-0.1, -0.05) is 33.6 Å². The Morgan fingerprint density at radius 3 is 1.82 bits per heavy atom. The lowest BCUT2D eigenvalue weighted by molar-refractivity contribution is 0.317. The molecule has 0 aromatic rings. The molecule has 2 heteroatoms. The quantitative estimate of drug-likeness (QED) is 0.537. The van der Waals surface area contributed by atoms with Crippen molar-refractivity contribution in [2.24, 2.45) is 0 Å². The molecule has 0 N–H and O–H groups in total. The normalized spacial score (nSPS) is 10.9. The predicted molar refractivity (Wildman–Crippen MR) is 52.2 cm³/mol. The van der Waals surface area contributed by atoms with E-state index in [4.69, 9.17) is 4.43 Å². The van der Waals surface area contributed by atoms with Gasteiger partial charge in [-0.2, -0.15) is 0 Å². The highest BCUT2D eigenvalue weighted by Gasteiger charge is 2.09. The van der Waals surface area contributed by atoms with Gasteiger partial charge in [0, 0.05) is 6.61 Å². The maximum Gasteiger partial charge on any atom is 0.211 e. The summed E-state index contributed by atoms with van der Waals surface area (Å²) in [6.45, 7) is 7.65. The summed E-state index contributed by atoms with van der Waals surface area (Å²) in [4.78, 5) is 0. The molecule has 0 aliphatic heterocycles. The number of rotatable bonds is 7. The summed E-state index contributed by atoms with van der Waals surface area (Å²) >= 11 is 0. The van der Waals surface area contributed by atoms with Gasteiger partial charge in [0.15, 0.2) is 0 Å². The van der Waals surface area contributed by atoms with Crippen molar-refractivity contribution in [2.45, 2.75) is 52.1 Å². The van der Waals surface area contributed by atoms with Crippen LogP contribution in [0.4, 0.5) is 0 Å². The van der Waals surface area contributed by atoms with Gasteiger partial charge in [-0.15, -0.1) is 0 Å². The average Bonchev–Trinajstić information content (AvgIpc) is 2.01. The van der Waals surface area contributed by atoms with Crippen molar-refractivity contribution >= 4 is 9.04 Å². The van der Waals surface area contributed by atoms with Gasteiger partial charge in [-0.05, 0) is 18.5 Å². The summed E-state index contributed by atoms with van der Waals surface area (Å²) in [5, 5.41) is 0. The molecule has 1 radical (unpaired) electrons. The molecule has 0 atom stereocenters. The molecule has 67 valence electrons. The zero-order valence-electron chi connectivity index (χ0n) is 8.15. The van der Waals surface area contributed by atoms with E-state index in [9.17, 15) is 0 Å². The van der Waals surface area contributed by atoms with Gasteiger partial charge < -0.3 is 4.43 Å². The van der Waals surface area contributed by atoms with Crippen LogP contribution in [-0.4, -0.2) is 15.6 Å². The second kappa shape index (κ2) is 8.28. The average molecular weight is 173 g/mol. The Balaban J connectivity index is 3.34. The Hall–Kier alpha value is 0.177. The molecule has 11 heavy (non-hydrogen) atoms. The lowest BCUT2D eigenvalue weighted by atomic mass is 10.5. The Morgan fingerprint density at radius 1 is 0.909 bits per heavy atom. The number of hydrogen-bond donors (Lipinski definition) is 0. The first-order valence-electron chi connectivity index (χ1n) is 4.82. The molecule has 0 rings (SSSR count). The van der Waals surface area contributed by atoms with E-state index < -0.39 is 9.04 Å². The van der Waals surface area contributed by atoms with Gasteiger partial charge >= 0.3 is 0 Å². The van der Waals surface area contributed by atoms with Gasteiger partial charge in [0.25, 0.3) is 0 Å². The van der Waals surface area contributed by atoms with Crippen LogP contribution in [0, 0.1) is 0 Å². The minimum Gasteiger partial charge on any atom is -0.417 e. The van der Waals surface area contributed by atoms with Crippen LogP contribution in [-0.2, 0) is 4.43 Å². The van der Waals surface area contributed by atoms with E-state index in [1.165, 1.54) is 31.4 Å². The van der Waals surface area contributed by atoms with Crippen LogP contribution >= 0.6 is 0 Å². The molecule has 0 aromatic carbocycles. The second-order valence-electron chi connectivity index (χ2n) is 2.89. The third-order valence-electron chi connectivity index (χ3n) is 1.57. The van der Waals surface area contributed by atoms with Crippen LogP contribution < -0.4 is 0 Å². The van der Waals surface area contributed by atoms with E-state index in [2.05, 4.69) is 20.8 Å². The molecule has 0 heterocycles. The fourth-order valence-corrected chi connectivity index (χ4v) is 3.22. The minimum atomic E-state index is -0.409. The van der Waals surface area contributed by atoms with E-state index >= 15 is 0 Å². The summed E-state index contributed by atoms with van der Waals surface area (Å²) in [5.74, 6) is 0. The molecule has 0 amide bonds. The smallest absolute Gasteiger partial charge is 0.211 e. The van der Waals surface area contributed by atoms with Crippen molar-refractivity contribution in [3.05, 3.63) is 0 Å². The highest BCUT2D eigenvalue weighted by molar-refractivity contribution is 6.51. The highest BCUT2D eigenvalue weighted by Crippen LogP contribution is 2.07. The van der Waals surface area contributed by atoms with Crippen molar-refractivity contribution in [1.29, 1.82) is 0 Å². The first-order valence-corrected chi connectivity index (χ1v) is 6.64. The third kappa shape index (κ3) is 6.57. The summed E-state index contributed by atoms with van der Waals surface area (Å²) in [6, 6.07) is 2.66. The molecule has 0 spiro atoms. The van der Waals surface area contributed by atoms with Crippen LogP contribution in [0.1, 0.15) is 40.0 Å². The molecule has 0 unspecified atom stereocenters. The maximum atomic E-state index is 5.77. The van der Waals surface area contributed by atoms with Gasteiger partial charge in [0.1, 0.15) is 0 Å². The van der Waals surface area contributed by atoms with Crippen LogP contribution in [0.5, 0.6) is 0 Å². The van der Waals surface area contributed by atoms with E-state index in [0.29, 0.717) is 0 Å². The Morgan fingerprint density at radius 2 is 1.45 bits per heavy atom. The summed E-state index contributed by atoms with van der Waals surface area (Å²) < 4.78 is 5.77. The summed E-state index contributed by atoms with van der Waals surface area (Å²) in [7, 11) is -0.409. The van der Waals surface area contributed by atoms with Crippen LogP contribution in [0.15, 0.2) is 0 Å². The standard InChI is InChI=1S/C9H21OSi/c1-4-7-10-11(8-5-2)9-6-3/h4-9H2,1-3H3. The highest BCUT2D eigenvalue weighted by atomic mass is 28.3. The molecule has 1 nitrogen and oxygen atoms in total.